The standard InChI is InChI=1S/C11H17N3O4S/c1-8(2)6-14(7-11(12)16)19(17,18)10-5-13-4-3-9(10)15/h3-5,8H,6-7H2,1-2H3,(H2,12,16)(H,13,15). The lowest BCUT2D eigenvalue weighted by molar-refractivity contribution is -0.118. The zero-order chi connectivity index (χ0) is 14.6. The summed E-state index contributed by atoms with van der Waals surface area (Å²) in [5.41, 5.74) is 4.42. The van der Waals surface area contributed by atoms with Gasteiger partial charge in [0.05, 0.1) is 6.54 Å². The third-order valence-corrected chi connectivity index (χ3v) is 4.14. The fourth-order valence-electron chi connectivity index (χ4n) is 1.57. The van der Waals surface area contributed by atoms with E-state index in [2.05, 4.69) is 4.98 Å². The van der Waals surface area contributed by atoms with E-state index in [1.807, 2.05) is 0 Å². The summed E-state index contributed by atoms with van der Waals surface area (Å²) in [4.78, 5) is 24.7. The number of aromatic nitrogens is 1. The smallest absolute Gasteiger partial charge is 0.248 e. The molecule has 1 aromatic heterocycles. The van der Waals surface area contributed by atoms with Gasteiger partial charge in [-0.3, -0.25) is 9.59 Å². The maximum Gasteiger partial charge on any atom is 0.248 e. The van der Waals surface area contributed by atoms with Gasteiger partial charge < -0.3 is 10.7 Å². The van der Waals surface area contributed by atoms with Gasteiger partial charge in [0.2, 0.25) is 21.4 Å². The topological polar surface area (TPSA) is 113 Å². The maximum absolute atomic E-state index is 12.3. The van der Waals surface area contributed by atoms with Crippen LogP contribution in [0.25, 0.3) is 0 Å². The Morgan fingerprint density at radius 2 is 2.11 bits per heavy atom. The molecule has 8 heteroatoms. The number of hydrogen-bond acceptors (Lipinski definition) is 4. The lowest BCUT2D eigenvalue weighted by atomic mass is 10.2. The molecule has 1 aromatic rings. The van der Waals surface area contributed by atoms with Crippen LogP contribution in [0.3, 0.4) is 0 Å². The van der Waals surface area contributed by atoms with E-state index in [-0.39, 0.29) is 12.5 Å². The molecule has 0 unspecified atom stereocenters. The molecule has 0 aromatic carbocycles. The molecular formula is C11H17N3O4S. The first kappa shape index (κ1) is 15.4. The van der Waals surface area contributed by atoms with Crippen LogP contribution in [0.1, 0.15) is 13.8 Å². The molecule has 0 saturated carbocycles. The number of sulfonamides is 1. The number of carbonyl (C=O) groups is 1. The van der Waals surface area contributed by atoms with Gasteiger partial charge in [0.15, 0.2) is 0 Å². The van der Waals surface area contributed by atoms with Gasteiger partial charge in [-0.25, -0.2) is 8.42 Å². The Hall–Kier alpha value is -1.67. The molecule has 1 amide bonds. The van der Waals surface area contributed by atoms with Crippen molar-refractivity contribution in [2.45, 2.75) is 18.7 Å². The van der Waals surface area contributed by atoms with Gasteiger partial charge >= 0.3 is 0 Å². The number of nitrogens with zero attached hydrogens (tertiary/aromatic N) is 1. The minimum Gasteiger partial charge on any atom is -0.369 e. The number of aromatic amines is 1. The molecule has 0 aliphatic heterocycles. The molecule has 0 aliphatic rings. The molecule has 0 aliphatic carbocycles. The van der Waals surface area contributed by atoms with Gasteiger partial charge in [-0.15, -0.1) is 0 Å². The Morgan fingerprint density at radius 1 is 1.47 bits per heavy atom. The van der Waals surface area contributed by atoms with Gasteiger partial charge in [-0.1, -0.05) is 13.8 Å². The molecule has 1 heterocycles. The Balaban J connectivity index is 3.23. The minimum atomic E-state index is -4.03. The average molecular weight is 287 g/mol. The van der Waals surface area contributed by atoms with E-state index < -0.39 is 32.8 Å². The molecule has 0 bridgehead atoms. The third kappa shape index (κ3) is 3.90. The van der Waals surface area contributed by atoms with Crippen LogP contribution >= 0.6 is 0 Å². The summed E-state index contributed by atoms with van der Waals surface area (Å²) in [6, 6.07) is 1.12. The van der Waals surface area contributed by atoms with Crippen LogP contribution in [0.5, 0.6) is 0 Å². The van der Waals surface area contributed by atoms with Crippen LogP contribution in [-0.4, -0.2) is 36.7 Å². The number of hydrogen-bond donors (Lipinski definition) is 2. The molecule has 106 valence electrons. The van der Waals surface area contributed by atoms with Crippen molar-refractivity contribution in [3.8, 4) is 0 Å². The Bertz CT molecular complexity index is 606. The highest BCUT2D eigenvalue weighted by Gasteiger charge is 2.28. The molecule has 0 fully saturated rings. The molecular weight excluding hydrogens is 270 g/mol. The van der Waals surface area contributed by atoms with E-state index in [1.54, 1.807) is 13.8 Å². The van der Waals surface area contributed by atoms with E-state index in [9.17, 15) is 18.0 Å². The number of pyridine rings is 1. The van der Waals surface area contributed by atoms with Crippen LogP contribution in [0, 0.1) is 5.92 Å². The number of H-pyrrole nitrogens is 1. The third-order valence-electron chi connectivity index (χ3n) is 2.31. The van der Waals surface area contributed by atoms with Crippen molar-refractivity contribution in [1.82, 2.24) is 9.29 Å². The number of nitrogens with two attached hydrogens (primary N) is 1. The molecule has 1 rings (SSSR count). The second kappa shape index (κ2) is 5.98. The van der Waals surface area contributed by atoms with E-state index >= 15 is 0 Å². The largest absolute Gasteiger partial charge is 0.369 e. The number of nitrogens with one attached hydrogen (secondary N) is 1. The molecule has 3 N–H and O–H groups in total. The summed E-state index contributed by atoms with van der Waals surface area (Å²) in [5, 5.41) is 0. The molecule has 0 radical (unpaired) electrons. The molecule has 0 saturated heterocycles. The van der Waals surface area contributed by atoms with Gasteiger partial charge in [-0.2, -0.15) is 4.31 Å². The predicted molar refractivity (Wildman–Crippen MR) is 69.9 cm³/mol. The summed E-state index contributed by atoms with van der Waals surface area (Å²) >= 11 is 0. The van der Waals surface area contributed by atoms with E-state index in [0.29, 0.717) is 0 Å². The van der Waals surface area contributed by atoms with Crippen LogP contribution in [0.2, 0.25) is 0 Å². The second-order valence-electron chi connectivity index (χ2n) is 4.53. The highest BCUT2D eigenvalue weighted by molar-refractivity contribution is 7.89. The average Bonchev–Trinajstić information content (AvgIpc) is 2.27. The quantitative estimate of drug-likeness (QED) is 0.734. The summed E-state index contributed by atoms with van der Waals surface area (Å²) < 4.78 is 25.6. The van der Waals surface area contributed by atoms with Crippen LogP contribution in [-0.2, 0) is 14.8 Å². The minimum absolute atomic E-state index is 0.00285. The van der Waals surface area contributed by atoms with Crippen molar-refractivity contribution in [3.63, 3.8) is 0 Å². The predicted octanol–water partition coefficient (Wildman–Crippen LogP) is -0.493. The van der Waals surface area contributed by atoms with E-state index in [0.717, 1.165) is 16.6 Å². The molecule has 0 atom stereocenters. The van der Waals surface area contributed by atoms with Crippen molar-refractivity contribution < 1.29 is 13.2 Å². The maximum atomic E-state index is 12.3. The lowest BCUT2D eigenvalue weighted by Gasteiger charge is -2.22. The first-order valence-corrected chi connectivity index (χ1v) is 7.14. The van der Waals surface area contributed by atoms with E-state index in [4.69, 9.17) is 5.73 Å². The second-order valence-corrected chi connectivity index (χ2v) is 6.44. The van der Waals surface area contributed by atoms with Crippen molar-refractivity contribution >= 4 is 15.9 Å². The van der Waals surface area contributed by atoms with Crippen LogP contribution in [0.15, 0.2) is 28.2 Å². The Labute approximate surface area is 111 Å². The summed E-state index contributed by atoms with van der Waals surface area (Å²) in [7, 11) is -4.03. The molecule has 7 nitrogen and oxygen atoms in total. The SMILES string of the molecule is CC(C)CN(CC(N)=O)S(=O)(=O)c1c[nH]ccc1=O. The monoisotopic (exact) mass is 287 g/mol. The molecule has 0 spiro atoms. The molecule has 19 heavy (non-hydrogen) atoms. The van der Waals surface area contributed by atoms with Crippen LogP contribution < -0.4 is 11.2 Å². The fourth-order valence-corrected chi connectivity index (χ4v) is 3.18. The van der Waals surface area contributed by atoms with Gasteiger partial charge in [0.1, 0.15) is 4.90 Å². The number of rotatable bonds is 6. The van der Waals surface area contributed by atoms with E-state index in [1.165, 1.54) is 6.20 Å². The van der Waals surface area contributed by atoms with Gasteiger partial charge in [0, 0.05) is 25.0 Å². The van der Waals surface area contributed by atoms with Crippen molar-refractivity contribution in [2.75, 3.05) is 13.1 Å². The van der Waals surface area contributed by atoms with Crippen molar-refractivity contribution in [3.05, 3.63) is 28.7 Å². The zero-order valence-electron chi connectivity index (χ0n) is 10.8. The van der Waals surface area contributed by atoms with Gasteiger partial charge in [0.25, 0.3) is 0 Å². The van der Waals surface area contributed by atoms with Crippen molar-refractivity contribution in [1.29, 1.82) is 0 Å². The Kier molecular flexibility index (Phi) is 4.84. The highest BCUT2D eigenvalue weighted by Crippen LogP contribution is 2.12. The number of amides is 1. The van der Waals surface area contributed by atoms with Crippen LogP contribution in [0.4, 0.5) is 0 Å². The first-order chi connectivity index (χ1) is 8.75. The summed E-state index contributed by atoms with van der Waals surface area (Å²) in [6.45, 7) is 3.27. The lowest BCUT2D eigenvalue weighted by Crippen LogP contribution is -2.41. The number of carbonyl (C=O) groups excluding carboxylic acids is 1. The number of primary amides is 1. The normalized spacial score (nSPS) is 12.0. The Morgan fingerprint density at radius 3 is 2.58 bits per heavy atom. The fraction of sp³-hybridized carbons (Fsp3) is 0.455. The summed E-state index contributed by atoms with van der Waals surface area (Å²) in [6.07, 6.45) is 2.44. The zero-order valence-corrected chi connectivity index (χ0v) is 11.6. The highest BCUT2D eigenvalue weighted by atomic mass is 32.2. The van der Waals surface area contributed by atoms with Gasteiger partial charge in [-0.05, 0) is 5.92 Å². The van der Waals surface area contributed by atoms with Crippen molar-refractivity contribution in [2.24, 2.45) is 11.7 Å². The first-order valence-electron chi connectivity index (χ1n) is 5.70. The summed E-state index contributed by atoms with van der Waals surface area (Å²) in [5.74, 6) is -0.770.